The van der Waals surface area contributed by atoms with Crippen molar-refractivity contribution in [3.8, 4) is 0 Å². The molecule has 0 aromatic carbocycles. The second kappa shape index (κ2) is 5.00. The molecule has 0 atom stereocenters. The maximum Gasteiger partial charge on any atom is 0.454 e. The van der Waals surface area contributed by atoms with Gasteiger partial charge in [-0.3, -0.25) is 20.2 Å². The van der Waals surface area contributed by atoms with Gasteiger partial charge >= 0.3 is 6.17 Å². The van der Waals surface area contributed by atoms with Crippen LogP contribution in [-0.2, 0) is 0 Å². The van der Waals surface area contributed by atoms with E-state index in [1.54, 1.807) is 0 Å². The molecule has 66 valence electrons. The van der Waals surface area contributed by atoms with Crippen LogP contribution in [-0.4, -0.2) is 16.0 Å². The lowest BCUT2D eigenvalue weighted by molar-refractivity contribution is -0.741. The molecule has 0 fully saturated rings. The first-order chi connectivity index (χ1) is 5.59. The summed E-state index contributed by atoms with van der Waals surface area (Å²) in [5.74, 6) is 0. The normalized spacial score (nSPS) is 10.4. The largest absolute Gasteiger partial charge is 0.454 e. The summed E-state index contributed by atoms with van der Waals surface area (Å²) in [6, 6.07) is 0. The predicted octanol–water partition coefficient (Wildman–Crippen LogP) is 0.998. The first kappa shape index (κ1) is 10.3. The van der Waals surface area contributed by atoms with Crippen LogP contribution in [0.5, 0.6) is 0 Å². The highest BCUT2D eigenvalue weighted by Gasteiger charge is 2.29. The predicted molar refractivity (Wildman–Crippen MR) is 41.7 cm³/mol. The van der Waals surface area contributed by atoms with E-state index in [1.807, 2.05) is 0 Å². The molecule has 6 heteroatoms. The SMILES string of the molecule is C=CC=CCC([N+](=O)[O-])[N+](=O)[O-]. The Bertz CT molecular complexity index is 210. The van der Waals surface area contributed by atoms with E-state index in [0.29, 0.717) is 0 Å². The highest BCUT2D eigenvalue weighted by Crippen LogP contribution is 1.99. The van der Waals surface area contributed by atoms with Crippen LogP contribution >= 0.6 is 0 Å². The molecular weight excluding hydrogens is 164 g/mol. The molecule has 6 nitrogen and oxygen atoms in total. The highest BCUT2D eigenvalue weighted by atomic mass is 16.7. The lowest BCUT2D eigenvalue weighted by Gasteiger charge is -1.96. The van der Waals surface area contributed by atoms with Gasteiger partial charge in [0.05, 0.1) is 9.85 Å². The number of nitrogens with zero attached hydrogens (tertiary/aromatic N) is 2. The summed E-state index contributed by atoms with van der Waals surface area (Å²) >= 11 is 0. The molecule has 0 rings (SSSR count). The van der Waals surface area contributed by atoms with Crippen LogP contribution in [0.25, 0.3) is 0 Å². The van der Waals surface area contributed by atoms with Gasteiger partial charge < -0.3 is 0 Å². The maximum atomic E-state index is 10.0. The topological polar surface area (TPSA) is 86.3 Å². The van der Waals surface area contributed by atoms with Crippen LogP contribution in [0.15, 0.2) is 24.8 Å². The van der Waals surface area contributed by atoms with Crippen LogP contribution in [0, 0.1) is 20.2 Å². The molecule has 0 radical (unpaired) electrons. The third kappa shape index (κ3) is 3.45. The van der Waals surface area contributed by atoms with E-state index in [0.717, 1.165) is 0 Å². The number of rotatable bonds is 5. The second-order valence-corrected chi connectivity index (χ2v) is 1.95. The molecule has 0 aromatic rings. The Morgan fingerprint density at radius 2 is 1.83 bits per heavy atom. The van der Waals surface area contributed by atoms with Crippen molar-refractivity contribution in [3.63, 3.8) is 0 Å². The molecule has 0 aliphatic rings. The fourth-order valence-corrected chi connectivity index (χ4v) is 0.546. The van der Waals surface area contributed by atoms with Crippen LogP contribution in [0.3, 0.4) is 0 Å². The third-order valence-corrected chi connectivity index (χ3v) is 1.11. The van der Waals surface area contributed by atoms with Crippen molar-refractivity contribution in [2.24, 2.45) is 0 Å². The van der Waals surface area contributed by atoms with Gasteiger partial charge in [-0.05, 0) is 0 Å². The molecule has 12 heavy (non-hydrogen) atoms. The van der Waals surface area contributed by atoms with Crippen LogP contribution in [0.4, 0.5) is 0 Å². The fraction of sp³-hybridized carbons (Fsp3) is 0.333. The quantitative estimate of drug-likeness (QED) is 0.268. The molecule has 0 aliphatic heterocycles. The molecule has 0 bridgehead atoms. The number of hydrogen-bond donors (Lipinski definition) is 0. The average Bonchev–Trinajstić information content (AvgIpc) is 1.96. The molecule has 0 aliphatic carbocycles. The van der Waals surface area contributed by atoms with Gasteiger partial charge in [-0.15, -0.1) is 0 Å². The van der Waals surface area contributed by atoms with Gasteiger partial charge in [-0.25, -0.2) is 0 Å². The Balaban J connectivity index is 4.14. The van der Waals surface area contributed by atoms with Gasteiger partial charge in [0.15, 0.2) is 0 Å². The molecule has 0 amide bonds. The summed E-state index contributed by atoms with van der Waals surface area (Å²) in [7, 11) is 0. The van der Waals surface area contributed by atoms with Gasteiger partial charge in [0.1, 0.15) is 6.42 Å². The first-order valence-electron chi connectivity index (χ1n) is 3.14. The number of hydrogen-bond acceptors (Lipinski definition) is 4. The van der Waals surface area contributed by atoms with Gasteiger partial charge in [0, 0.05) is 0 Å². The van der Waals surface area contributed by atoms with Crippen LogP contribution < -0.4 is 0 Å². The van der Waals surface area contributed by atoms with Gasteiger partial charge in [0.25, 0.3) is 0 Å². The number of nitro groups is 2. The summed E-state index contributed by atoms with van der Waals surface area (Å²) < 4.78 is 0. The average molecular weight is 172 g/mol. The summed E-state index contributed by atoms with van der Waals surface area (Å²) in [6.07, 6.45) is 2.20. The standard InChI is InChI=1S/C6H8N2O4/c1-2-3-4-5-6(7(9)10)8(11)12/h2-4,6H,1,5H2. The Kier molecular flexibility index (Phi) is 4.28. The Morgan fingerprint density at radius 1 is 1.33 bits per heavy atom. The minimum atomic E-state index is -1.75. The third-order valence-electron chi connectivity index (χ3n) is 1.11. The van der Waals surface area contributed by atoms with Crippen LogP contribution in [0.2, 0.25) is 0 Å². The maximum absolute atomic E-state index is 10.0. The van der Waals surface area contributed by atoms with E-state index < -0.39 is 16.0 Å². The van der Waals surface area contributed by atoms with E-state index in [9.17, 15) is 20.2 Å². The second-order valence-electron chi connectivity index (χ2n) is 1.95. The van der Waals surface area contributed by atoms with Crippen molar-refractivity contribution in [2.45, 2.75) is 12.6 Å². The minimum Gasteiger partial charge on any atom is -0.259 e. The number of allylic oxidation sites excluding steroid dienone is 2. The smallest absolute Gasteiger partial charge is 0.259 e. The summed E-state index contributed by atoms with van der Waals surface area (Å²) in [5.41, 5.74) is 0. The van der Waals surface area contributed by atoms with E-state index in [1.165, 1.54) is 18.2 Å². The van der Waals surface area contributed by atoms with E-state index in [4.69, 9.17) is 0 Å². The Labute approximate surface area is 68.5 Å². The minimum absolute atomic E-state index is 0.216. The molecule has 0 heterocycles. The van der Waals surface area contributed by atoms with Gasteiger partial charge in [-0.2, -0.15) is 0 Å². The Hall–Kier alpha value is -1.72. The van der Waals surface area contributed by atoms with Crippen molar-refractivity contribution in [3.05, 3.63) is 45.0 Å². The first-order valence-corrected chi connectivity index (χ1v) is 3.14. The zero-order valence-electron chi connectivity index (χ0n) is 6.25. The zero-order chi connectivity index (χ0) is 9.56. The summed E-state index contributed by atoms with van der Waals surface area (Å²) in [5, 5.41) is 20.1. The monoisotopic (exact) mass is 172 g/mol. The van der Waals surface area contributed by atoms with E-state index >= 15 is 0 Å². The van der Waals surface area contributed by atoms with Crippen molar-refractivity contribution in [1.82, 2.24) is 0 Å². The van der Waals surface area contributed by atoms with E-state index in [-0.39, 0.29) is 6.42 Å². The van der Waals surface area contributed by atoms with E-state index in [2.05, 4.69) is 6.58 Å². The molecule has 0 saturated carbocycles. The van der Waals surface area contributed by atoms with Gasteiger partial charge in [0.2, 0.25) is 0 Å². The van der Waals surface area contributed by atoms with Crippen molar-refractivity contribution in [2.75, 3.05) is 0 Å². The zero-order valence-corrected chi connectivity index (χ0v) is 6.25. The Morgan fingerprint density at radius 3 is 2.17 bits per heavy atom. The summed E-state index contributed by atoms with van der Waals surface area (Å²) in [4.78, 5) is 18.2. The highest BCUT2D eigenvalue weighted by molar-refractivity contribution is 4.97. The lowest BCUT2D eigenvalue weighted by atomic mass is 10.3. The van der Waals surface area contributed by atoms with Crippen LogP contribution in [0.1, 0.15) is 6.42 Å². The molecule has 0 aromatic heterocycles. The lowest BCUT2D eigenvalue weighted by Crippen LogP contribution is -2.27. The molecule has 0 unspecified atom stereocenters. The fourth-order valence-electron chi connectivity index (χ4n) is 0.546. The van der Waals surface area contributed by atoms with Crippen molar-refractivity contribution in [1.29, 1.82) is 0 Å². The molecule has 0 saturated heterocycles. The molecule has 0 N–H and O–H groups in total. The van der Waals surface area contributed by atoms with Gasteiger partial charge in [-0.1, -0.05) is 24.8 Å². The summed E-state index contributed by atoms with van der Waals surface area (Å²) in [6.45, 7) is 3.32. The van der Waals surface area contributed by atoms with Crippen molar-refractivity contribution >= 4 is 0 Å². The molecular formula is C6H8N2O4. The van der Waals surface area contributed by atoms with Crippen molar-refractivity contribution < 1.29 is 9.85 Å². The molecule has 0 spiro atoms.